The number of hydrogen-bond acceptors (Lipinski definition) is 4. The van der Waals surface area contributed by atoms with E-state index < -0.39 is 5.92 Å². The molecule has 27 heavy (non-hydrogen) atoms. The summed E-state index contributed by atoms with van der Waals surface area (Å²) in [5.74, 6) is -1.16. The van der Waals surface area contributed by atoms with Gasteiger partial charge in [-0.15, -0.1) is 11.3 Å². The van der Waals surface area contributed by atoms with Crippen LogP contribution in [0.3, 0.4) is 0 Å². The van der Waals surface area contributed by atoms with Crippen LogP contribution in [-0.2, 0) is 16.1 Å². The first-order valence-corrected chi connectivity index (χ1v) is 9.51. The minimum Gasteiger partial charge on any atom is -0.349 e. The van der Waals surface area contributed by atoms with Crippen molar-refractivity contribution in [3.05, 3.63) is 58.9 Å². The fourth-order valence-electron chi connectivity index (χ4n) is 3.19. The van der Waals surface area contributed by atoms with Gasteiger partial charge in [-0.05, 0) is 36.8 Å². The minimum absolute atomic E-state index is 0.126. The Morgan fingerprint density at radius 1 is 1.33 bits per heavy atom. The zero-order valence-corrected chi connectivity index (χ0v) is 15.6. The highest BCUT2D eigenvalue weighted by atomic mass is 32.1. The molecule has 2 heterocycles. The number of anilines is 1. The van der Waals surface area contributed by atoms with Crippen LogP contribution in [0.15, 0.2) is 42.5 Å². The summed E-state index contributed by atoms with van der Waals surface area (Å²) in [7, 11) is 0. The smallest absolute Gasteiger partial charge is 0.227 e. The van der Waals surface area contributed by atoms with E-state index in [4.69, 9.17) is 0 Å². The molecule has 138 valence electrons. The van der Waals surface area contributed by atoms with E-state index in [2.05, 4.69) is 10.3 Å². The van der Waals surface area contributed by atoms with Gasteiger partial charge < -0.3 is 10.2 Å². The van der Waals surface area contributed by atoms with Crippen LogP contribution < -0.4 is 10.2 Å². The van der Waals surface area contributed by atoms with Crippen LogP contribution in [0.25, 0.3) is 10.2 Å². The number of rotatable bonds is 4. The number of benzene rings is 2. The number of nitrogens with zero attached hydrogens (tertiary/aromatic N) is 2. The van der Waals surface area contributed by atoms with Crippen molar-refractivity contribution in [1.29, 1.82) is 0 Å². The van der Waals surface area contributed by atoms with Gasteiger partial charge in [-0.1, -0.05) is 18.2 Å². The molecule has 1 aromatic heterocycles. The quantitative estimate of drug-likeness (QED) is 0.751. The van der Waals surface area contributed by atoms with Gasteiger partial charge in [-0.25, -0.2) is 9.37 Å². The van der Waals surface area contributed by atoms with Crippen LogP contribution in [0, 0.1) is 18.7 Å². The molecule has 7 heteroatoms. The Hall–Kier alpha value is -2.80. The van der Waals surface area contributed by atoms with Crippen LogP contribution in [0.4, 0.5) is 10.1 Å². The first kappa shape index (κ1) is 17.6. The van der Waals surface area contributed by atoms with E-state index in [9.17, 15) is 14.0 Å². The third-order valence-electron chi connectivity index (χ3n) is 4.71. The van der Waals surface area contributed by atoms with Crippen LogP contribution in [0.5, 0.6) is 0 Å². The molecule has 1 aliphatic rings. The first-order valence-electron chi connectivity index (χ1n) is 8.70. The summed E-state index contributed by atoms with van der Waals surface area (Å²) in [5.41, 5.74) is 1.93. The molecule has 2 amide bonds. The number of thiazole rings is 1. The van der Waals surface area contributed by atoms with Gasteiger partial charge in [0.1, 0.15) is 10.8 Å². The van der Waals surface area contributed by atoms with Crippen molar-refractivity contribution >= 4 is 39.1 Å². The lowest BCUT2D eigenvalue weighted by molar-refractivity contribution is -0.126. The van der Waals surface area contributed by atoms with E-state index >= 15 is 0 Å². The van der Waals surface area contributed by atoms with Gasteiger partial charge in [0.2, 0.25) is 11.8 Å². The SMILES string of the molecule is Cc1ccc(N2C[C@@H](C(=O)NCc3nc4ccccc4s3)CC2=O)cc1F. The summed E-state index contributed by atoms with van der Waals surface area (Å²) >= 11 is 1.54. The van der Waals surface area contributed by atoms with Crippen molar-refractivity contribution in [3.8, 4) is 0 Å². The number of hydrogen-bond donors (Lipinski definition) is 1. The van der Waals surface area contributed by atoms with Gasteiger partial charge in [0.05, 0.1) is 22.7 Å². The molecule has 5 nitrogen and oxygen atoms in total. The Kier molecular flexibility index (Phi) is 4.61. The molecule has 0 saturated carbocycles. The van der Waals surface area contributed by atoms with E-state index in [1.54, 1.807) is 19.1 Å². The van der Waals surface area contributed by atoms with Crippen LogP contribution in [-0.4, -0.2) is 23.3 Å². The monoisotopic (exact) mass is 383 g/mol. The van der Waals surface area contributed by atoms with E-state index in [-0.39, 0.29) is 30.6 Å². The van der Waals surface area contributed by atoms with Crippen LogP contribution >= 0.6 is 11.3 Å². The lowest BCUT2D eigenvalue weighted by Crippen LogP contribution is -2.32. The summed E-state index contributed by atoms with van der Waals surface area (Å²) < 4.78 is 14.9. The third kappa shape index (κ3) is 3.55. The van der Waals surface area contributed by atoms with Crippen molar-refractivity contribution in [1.82, 2.24) is 10.3 Å². The number of aromatic nitrogens is 1. The molecule has 0 bridgehead atoms. The standard InChI is InChI=1S/C20H18FN3O2S/c1-12-6-7-14(9-15(12)21)24-11-13(8-19(24)25)20(26)22-10-18-23-16-4-2-3-5-17(16)27-18/h2-7,9,13H,8,10-11H2,1H3,(H,22,26)/t13-/m0/s1. The maximum atomic E-state index is 13.8. The van der Waals surface area contributed by atoms with Crippen LogP contribution in [0.2, 0.25) is 0 Å². The lowest BCUT2D eigenvalue weighted by atomic mass is 10.1. The maximum absolute atomic E-state index is 13.8. The highest BCUT2D eigenvalue weighted by molar-refractivity contribution is 7.18. The van der Waals surface area contributed by atoms with Crippen molar-refractivity contribution < 1.29 is 14.0 Å². The van der Waals surface area contributed by atoms with Crippen molar-refractivity contribution in [2.75, 3.05) is 11.4 Å². The largest absolute Gasteiger partial charge is 0.349 e. The minimum atomic E-state index is -0.448. The van der Waals surface area contributed by atoms with Gasteiger partial charge in [-0.2, -0.15) is 0 Å². The molecule has 2 aromatic carbocycles. The number of carbonyl (C=O) groups is 2. The Morgan fingerprint density at radius 2 is 2.15 bits per heavy atom. The molecular weight excluding hydrogens is 365 g/mol. The van der Waals surface area contributed by atoms with E-state index in [1.165, 1.54) is 22.3 Å². The molecule has 1 saturated heterocycles. The normalized spacial score (nSPS) is 16.9. The molecule has 1 fully saturated rings. The average molecular weight is 383 g/mol. The zero-order valence-electron chi connectivity index (χ0n) is 14.7. The topological polar surface area (TPSA) is 62.3 Å². The summed E-state index contributed by atoms with van der Waals surface area (Å²) in [4.78, 5) is 30.7. The number of halogens is 1. The predicted molar refractivity (Wildman–Crippen MR) is 103 cm³/mol. The molecular formula is C20H18FN3O2S. The lowest BCUT2D eigenvalue weighted by Gasteiger charge is -2.17. The fourth-order valence-corrected chi connectivity index (χ4v) is 4.09. The van der Waals surface area contributed by atoms with Gasteiger partial charge in [0.25, 0.3) is 0 Å². The summed E-state index contributed by atoms with van der Waals surface area (Å²) in [6.07, 6.45) is 0.126. The molecule has 1 atom stereocenters. The maximum Gasteiger partial charge on any atom is 0.227 e. The predicted octanol–water partition coefficient (Wildman–Crippen LogP) is 3.41. The number of carbonyl (C=O) groups excluding carboxylic acids is 2. The van der Waals surface area contributed by atoms with Crippen LogP contribution in [0.1, 0.15) is 17.0 Å². The van der Waals surface area contributed by atoms with E-state index in [0.717, 1.165) is 15.2 Å². The second-order valence-corrected chi connectivity index (χ2v) is 7.75. The highest BCUT2D eigenvalue weighted by Crippen LogP contribution is 2.27. The van der Waals surface area contributed by atoms with Gasteiger partial charge in [0.15, 0.2) is 0 Å². The number of aryl methyl sites for hydroxylation is 1. The first-order chi connectivity index (χ1) is 13.0. The summed E-state index contributed by atoms with van der Waals surface area (Å²) in [6, 6.07) is 12.5. The zero-order chi connectivity index (χ0) is 19.0. The van der Waals surface area contributed by atoms with Gasteiger partial charge in [0, 0.05) is 18.7 Å². The number of nitrogens with one attached hydrogen (secondary N) is 1. The molecule has 0 radical (unpaired) electrons. The Labute approximate surface area is 159 Å². The second kappa shape index (κ2) is 7.08. The third-order valence-corrected chi connectivity index (χ3v) is 5.75. The molecule has 0 spiro atoms. The van der Waals surface area contributed by atoms with Crippen molar-refractivity contribution in [2.45, 2.75) is 19.9 Å². The second-order valence-electron chi connectivity index (χ2n) is 6.63. The molecule has 0 unspecified atom stereocenters. The van der Waals surface area contributed by atoms with E-state index in [1.807, 2.05) is 24.3 Å². The highest BCUT2D eigenvalue weighted by Gasteiger charge is 2.35. The number of fused-ring (bicyclic) bond motifs is 1. The van der Waals surface area contributed by atoms with E-state index in [0.29, 0.717) is 17.8 Å². The van der Waals surface area contributed by atoms with Crippen molar-refractivity contribution in [3.63, 3.8) is 0 Å². The summed E-state index contributed by atoms with van der Waals surface area (Å²) in [6.45, 7) is 2.26. The van der Waals surface area contributed by atoms with Gasteiger partial charge >= 0.3 is 0 Å². The Morgan fingerprint density at radius 3 is 2.93 bits per heavy atom. The Bertz CT molecular complexity index is 1000. The van der Waals surface area contributed by atoms with Crippen molar-refractivity contribution in [2.24, 2.45) is 5.92 Å². The Balaban J connectivity index is 1.40. The average Bonchev–Trinajstić information content (AvgIpc) is 3.25. The van der Waals surface area contributed by atoms with Gasteiger partial charge in [-0.3, -0.25) is 9.59 Å². The number of amides is 2. The molecule has 1 aliphatic heterocycles. The molecule has 4 rings (SSSR count). The molecule has 3 aromatic rings. The molecule has 0 aliphatic carbocycles. The molecule has 1 N–H and O–H groups in total. The fraction of sp³-hybridized carbons (Fsp3) is 0.250. The summed E-state index contributed by atoms with van der Waals surface area (Å²) in [5, 5.41) is 3.70. The number of para-hydroxylation sites is 1.